The summed E-state index contributed by atoms with van der Waals surface area (Å²) in [4.78, 5) is 22.9. The van der Waals surface area contributed by atoms with Crippen molar-refractivity contribution in [3.8, 4) is 0 Å². The second-order valence-corrected chi connectivity index (χ2v) is 4.64. The highest BCUT2D eigenvalue weighted by molar-refractivity contribution is 5.94. The summed E-state index contributed by atoms with van der Waals surface area (Å²) in [6, 6.07) is 0. The highest BCUT2D eigenvalue weighted by Crippen LogP contribution is 2.23. The molecule has 0 aliphatic carbocycles. The number of carbonyl (C=O) groups excluding carboxylic acids is 2. The van der Waals surface area contributed by atoms with Gasteiger partial charge in [-0.25, -0.2) is 0 Å². The Morgan fingerprint density at radius 3 is 1.95 bits per heavy atom. The number of methoxy groups -OCH3 is 2. The van der Waals surface area contributed by atoms with Gasteiger partial charge in [-0.1, -0.05) is 0 Å². The van der Waals surface area contributed by atoms with Crippen molar-refractivity contribution in [1.82, 2.24) is 0 Å². The van der Waals surface area contributed by atoms with E-state index in [0.717, 1.165) is 0 Å². The molecule has 6 heteroatoms. The van der Waals surface area contributed by atoms with Gasteiger partial charge in [-0.15, -0.1) is 0 Å². The summed E-state index contributed by atoms with van der Waals surface area (Å²) < 4.78 is 20.3. The Labute approximate surface area is 113 Å². The Morgan fingerprint density at radius 2 is 1.53 bits per heavy atom. The first-order chi connectivity index (χ1) is 8.99. The van der Waals surface area contributed by atoms with E-state index in [1.165, 1.54) is 14.2 Å². The lowest BCUT2D eigenvalue weighted by Crippen LogP contribution is -2.26. The monoisotopic (exact) mass is 274 g/mol. The van der Waals surface area contributed by atoms with Crippen LogP contribution in [0.1, 0.15) is 33.1 Å². The number of esters is 2. The van der Waals surface area contributed by atoms with Gasteiger partial charge in [0.05, 0.1) is 26.4 Å². The normalized spacial score (nSPS) is 26.5. The van der Waals surface area contributed by atoms with Crippen molar-refractivity contribution in [2.45, 2.75) is 51.6 Å². The molecule has 0 aromatic rings. The van der Waals surface area contributed by atoms with E-state index in [4.69, 9.17) is 9.47 Å². The molecule has 0 saturated carbocycles. The summed E-state index contributed by atoms with van der Waals surface area (Å²) in [5, 5.41) is 0. The maximum Gasteiger partial charge on any atom is 0.320 e. The first kappa shape index (κ1) is 15.9. The number of hydrogen-bond donors (Lipinski definition) is 0. The molecule has 2 unspecified atom stereocenters. The Morgan fingerprint density at radius 1 is 1.05 bits per heavy atom. The van der Waals surface area contributed by atoms with Gasteiger partial charge in [-0.05, 0) is 33.1 Å². The van der Waals surface area contributed by atoms with Crippen LogP contribution in [0.5, 0.6) is 0 Å². The molecule has 0 spiro atoms. The maximum atomic E-state index is 11.5. The van der Waals surface area contributed by atoms with Crippen LogP contribution >= 0.6 is 0 Å². The van der Waals surface area contributed by atoms with Crippen LogP contribution in [0.15, 0.2) is 0 Å². The number of ether oxygens (including phenoxy) is 4. The van der Waals surface area contributed by atoms with Crippen LogP contribution in [0.4, 0.5) is 0 Å². The molecule has 0 N–H and O–H groups in total. The van der Waals surface area contributed by atoms with Crippen LogP contribution in [-0.2, 0) is 28.5 Å². The zero-order valence-electron chi connectivity index (χ0n) is 11.9. The maximum absolute atomic E-state index is 11.5. The lowest BCUT2D eigenvalue weighted by Gasteiger charge is -2.14. The van der Waals surface area contributed by atoms with Gasteiger partial charge in [-0.3, -0.25) is 9.59 Å². The molecule has 1 saturated heterocycles. The van der Waals surface area contributed by atoms with E-state index in [9.17, 15) is 9.59 Å². The van der Waals surface area contributed by atoms with E-state index in [-0.39, 0.29) is 18.5 Å². The fourth-order valence-electron chi connectivity index (χ4n) is 1.97. The summed E-state index contributed by atoms with van der Waals surface area (Å²) in [5.41, 5.74) is 0. The molecule has 1 rings (SSSR count). The standard InChI is InChI=1S/C13H22O6/c1-8-9(2)19-11(18-8)7-5-6-10(12(14)16-3)13(15)17-4/h8-11H,5-7H2,1-4H3. The van der Waals surface area contributed by atoms with E-state index < -0.39 is 17.9 Å². The summed E-state index contributed by atoms with van der Waals surface area (Å²) in [5.74, 6) is -2.00. The van der Waals surface area contributed by atoms with Crippen molar-refractivity contribution in [2.24, 2.45) is 5.92 Å². The Bertz CT molecular complexity index is 290. The predicted molar refractivity (Wildman–Crippen MR) is 66.3 cm³/mol. The number of hydrogen-bond acceptors (Lipinski definition) is 6. The summed E-state index contributed by atoms with van der Waals surface area (Å²) in [7, 11) is 2.51. The van der Waals surface area contributed by atoms with Gasteiger partial charge in [0, 0.05) is 0 Å². The average molecular weight is 274 g/mol. The van der Waals surface area contributed by atoms with Crippen LogP contribution in [-0.4, -0.2) is 44.7 Å². The van der Waals surface area contributed by atoms with Crippen molar-refractivity contribution in [3.63, 3.8) is 0 Å². The lowest BCUT2D eigenvalue weighted by atomic mass is 10.0. The van der Waals surface area contributed by atoms with Gasteiger partial charge in [0.25, 0.3) is 0 Å². The van der Waals surface area contributed by atoms with Crippen LogP contribution in [0.25, 0.3) is 0 Å². The molecule has 1 heterocycles. The second-order valence-electron chi connectivity index (χ2n) is 4.64. The molecule has 0 bridgehead atoms. The van der Waals surface area contributed by atoms with Gasteiger partial charge in [0.15, 0.2) is 12.2 Å². The van der Waals surface area contributed by atoms with Crippen LogP contribution in [0.2, 0.25) is 0 Å². The number of rotatable bonds is 6. The molecule has 1 fully saturated rings. The summed E-state index contributed by atoms with van der Waals surface area (Å²) in [6.07, 6.45) is 1.51. The topological polar surface area (TPSA) is 71.1 Å². The van der Waals surface area contributed by atoms with Gasteiger partial charge < -0.3 is 18.9 Å². The number of carbonyl (C=O) groups is 2. The molecule has 2 atom stereocenters. The second kappa shape index (κ2) is 7.45. The SMILES string of the molecule is COC(=O)C(CCCC1OC(C)C(C)O1)C(=O)OC. The molecule has 1 aliphatic rings. The van der Waals surface area contributed by atoms with Crippen molar-refractivity contribution >= 4 is 11.9 Å². The van der Waals surface area contributed by atoms with Gasteiger partial charge >= 0.3 is 11.9 Å². The molecular formula is C13H22O6. The highest BCUT2D eigenvalue weighted by atomic mass is 16.7. The van der Waals surface area contributed by atoms with Crippen LogP contribution < -0.4 is 0 Å². The molecular weight excluding hydrogens is 252 g/mol. The molecule has 110 valence electrons. The molecule has 0 aromatic heterocycles. The molecule has 0 amide bonds. The highest BCUT2D eigenvalue weighted by Gasteiger charge is 2.31. The van der Waals surface area contributed by atoms with Crippen LogP contribution in [0.3, 0.4) is 0 Å². The third-order valence-electron chi connectivity index (χ3n) is 3.30. The van der Waals surface area contributed by atoms with E-state index in [1.54, 1.807) is 0 Å². The summed E-state index contributed by atoms with van der Waals surface area (Å²) in [6.45, 7) is 3.91. The molecule has 1 aliphatic heterocycles. The summed E-state index contributed by atoms with van der Waals surface area (Å²) >= 11 is 0. The van der Waals surface area contributed by atoms with Crippen molar-refractivity contribution in [2.75, 3.05) is 14.2 Å². The minimum atomic E-state index is -0.869. The van der Waals surface area contributed by atoms with Gasteiger partial charge in [0.1, 0.15) is 0 Å². The van der Waals surface area contributed by atoms with Crippen molar-refractivity contribution < 1.29 is 28.5 Å². The van der Waals surface area contributed by atoms with Crippen molar-refractivity contribution in [3.05, 3.63) is 0 Å². The Balaban J connectivity index is 2.36. The Kier molecular flexibility index (Phi) is 6.24. The van der Waals surface area contributed by atoms with E-state index >= 15 is 0 Å². The van der Waals surface area contributed by atoms with E-state index in [0.29, 0.717) is 19.3 Å². The smallest absolute Gasteiger partial charge is 0.320 e. The molecule has 19 heavy (non-hydrogen) atoms. The van der Waals surface area contributed by atoms with Crippen molar-refractivity contribution in [1.29, 1.82) is 0 Å². The first-order valence-electron chi connectivity index (χ1n) is 6.46. The molecule has 0 radical (unpaired) electrons. The van der Waals surface area contributed by atoms with Crippen LogP contribution in [0, 0.1) is 5.92 Å². The Hall–Kier alpha value is -1.14. The predicted octanol–water partition coefficient (Wildman–Crippen LogP) is 1.27. The van der Waals surface area contributed by atoms with Gasteiger partial charge in [0.2, 0.25) is 0 Å². The average Bonchev–Trinajstić information content (AvgIpc) is 2.72. The fraction of sp³-hybridized carbons (Fsp3) is 0.846. The van der Waals surface area contributed by atoms with E-state index in [2.05, 4.69) is 9.47 Å². The van der Waals surface area contributed by atoms with Gasteiger partial charge in [-0.2, -0.15) is 0 Å². The van der Waals surface area contributed by atoms with E-state index in [1.807, 2.05) is 13.8 Å². The molecule has 6 nitrogen and oxygen atoms in total. The molecule has 0 aromatic carbocycles. The zero-order valence-corrected chi connectivity index (χ0v) is 11.9. The lowest BCUT2D eigenvalue weighted by molar-refractivity contribution is -0.159. The first-order valence-corrected chi connectivity index (χ1v) is 6.46. The third-order valence-corrected chi connectivity index (χ3v) is 3.30. The minimum Gasteiger partial charge on any atom is -0.468 e. The fourth-order valence-corrected chi connectivity index (χ4v) is 1.97. The largest absolute Gasteiger partial charge is 0.468 e. The quantitative estimate of drug-likeness (QED) is 0.536. The third kappa shape index (κ3) is 4.47. The minimum absolute atomic E-state index is 0.0713. The zero-order chi connectivity index (χ0) is 14.4.